The van der Waals surface area contributed by atoms with Gasteiger partial charge in [0.25, 0.3) is 0 Å². The minimum atomic E-state index is -4.43. The molecule has 0 heterocycles. The molecule has 4 bridgehead atoms. The lowest BCUT2D eigenvalue weighted by Crippen LogP contribution is -2.55. The van der Waals surface area contributed by atoms with Crippen molar-refractivity contribution in [2.24, 2.45) is 29.1 Å². The van der Waals surface area contributed by atoms with Gasteiger partial charge in [0.15, 0.2) is 5.92 Å². The molecule has 0 aromatic carbocycles. The number of nitrogens with zero attached hydrogens (tertiary/aromatic N) is 1. The van der Waals surface area contributed by atoms with E-state index in [0.717, 1.165) is 37.0 Å². The average molecular weight is 300 g/mol. The van der Waals surface area contributed by atoms with Crippen molar-refractivity contribution < 1.29 is 13.2 Å². The molecule has 0 radical (unpaired) electrons. The molecule has 4 saturated carbocycles. The fraction of sp³-hybridized carbons (Fsp3) is 0.938. The van der Waals surface area contributed by atoms with Crippen LogP contribution in [0.15, 0.2) is 0 Å². The summed E-state index contributed by atoms with van der Waals surface area (Å²) in [6.07, 6.45) is 3.05. The Balaban J connectivity index is 1.63. The highest BCUT2D eigenvalue weighted by molar-refractivity contribution is 5.05. The van der Waals surface area contributed by atoms with E-state index < -0.39 is 12.1 Å². The van der Waals surface area contributed by atoms with Crippen LogP contribution in [-0.4, -0.2) is 18.8 Å². The van der Waals surface area contributed by atoms with Crippen LogP contribution in [0.1, 0.15) is 45.4 Å². The van der Waals surface area contributed by atoms with E-state index in [4.69, 9.17) is 5.26 Å². The number of nitriles is 1. The highest BCUT2D eigenvalue weighted by Crippen LogP contribution is 2.61. The zero-order valence-corrected chi connectivity index (χ0v) is 12.4. The standard InChI is InChI=1S/C16H23F3N2/c1-10(21-9-14(8-20)16(17,18)19)15-5-11-2-12(6-15)4-13(3-11)7-15/h10-14,21H,2-7,9H2,1H3. The van der Waals surface area contributed by atoms with Crippen LogP contribution in [0.4, 0.5) is 13.2 Å². The van der Waals surface area contributed by atoms with Gasteiger partial charge in [-0.1, -0.05) is 0 Å². The van der Waals surface area contributed by atoms with Crippen molar-refractivity contribution in [2.75, 3.05) is 6.54 Å². The molecule has 0 aliphatic heterocycles. The Bertz CT molecular complexity index is 402. The number of alkyl halides is 3. The molecular formula is C16H23F3N2. The molecule has 0 amide bonds. The number of halogens is 3. The molecule has 0 saturated heterocycles. The second-order valence-electron chi connectivity index (χ2n) is 7.63. The molecule has 21 heavy (non-hydrogen) atoms. The van der Waals surface area contributed by atoms with Crippen LogP contribution in [-0.2, 0) is 0 Å². The Labute approximate surface area is 124 Å². The van der Waals surface area contributed by atoms with E-state index in [1.165, 1.54) is 25.3 Å². The number of nitrogens with one attached hydrogen (secondary N) is 1. The van der Waals surface area contributed by atoms with Crippen LogP contribution >= 0.6 is 0 Å². The van der Waals surface area contributed by atoms with Crippen LogP contribution in [0.25, 0.3) is 0 Å². The number of rotatable bonds is 4. The molecule has 2 nitrogen and oxygen atoms in total. The van der Waals surface area contributed by atoms with Gasteiger partial charge in [-0.25, -0.2) is 0 Å². The SMILES string of the molecule is CC(NCC(C#N)C(F)(F)F)C12CC3CC(CC(C3)C1)C2. The first kappa shape index (κ1) is 15.1. The molecule has 2 unspecified atom stereocenters. The van der Waals surface area contributed by atoms with E-state index in [1.54, 1.807) is 0 Å². The summed E-state index contributed by atoms with van der Waals surface area (Å²) in [6.45, 7) is 1.75. The molecule has 4 rings (SSSR count). The fourth-order valence-corrected chi connectivity index (χ4v) is 5.45. The van der Waals surface area contributed by atoms with E-state index in [2.05, 4.69) is 5.32 Å². The Kier molecular flexibility index (Phi) is 3.72. The Morgan fingerprint density at radius 2 is 1.62 bits per heavy atom. The molecule has 0 aromatic rings. The molecule has 4 aliphatic rings. The third-order valence-electron chi connectivity index (χ3n) is 6.18. The second-order valence-corrected chi connectivity index (χ2v) is 7.63. The van der Waals surface area contributed by atoms with E-state index in [-0.39, 0.29) is 18.0 Å². The lowest BCUT2D eigenvalue weighted by Gasteiger charge is -2.59. The maximum Gasteiger partial charge on any atom is 0.405 e. The average Bonchev–Trinajstić information content (AvgIpc) is 2.35. The fourth-order valence-electron chi connectivity index (χ4n) is 5.45. The molecule has 1 N–H and O–H groups in total. The van der Waals surface area contributed by atoms with Crippen LogP contribution in [0, 0.1) is 40.4 Å². The minimum absolute atomic E-state index is 0.0732. The molecule has 0 aromatic heterocycles. The highest BCUT2D eigenvalue weighted by Gasteiger charge is 2.53. The van der Waals surface area contributed by atoms with Crippen molar-refractivity contribution in [3.8, 4) is 6.07 Å². The topological polar surface area (TPSA) is 35.8 Å². The number of hydrogen-bond acceptors (Lipinski definition) is 2. The van der Waals surface area contributed by atoms with E-state index in [9.17, 15) is 13.2 Å². The van der Waals surface area contributed by atoms with Gasteiger partial charge in [-0.15, -0.1) is 0 Å². The van der Waals surface area contributed by atoms with Gasteiger partial charge in [-0.05, 0) is 68.6 Å². The van der Waals surface area contributed by atoms with E-state index in [1.807, 2.05) is 6.92 Å². The van der Waals surface area contributed by atoms with E-state index >= 15 is 0 Å². The lowest BCUT2D eigenvalue weighted by molar-refractivity contribution is -0.159. The normalized spacial score (nSPS) is 40.8. The van der Waals surface area contributed by atoms with Gasteiger partial charge < -0.3 is 5.32 Å². The van der Waals surface area contributed by atoms with Gasteiger partial charge in [0.05, 0.1) is 6.07 Å². The molecule has 4 fully saturated rings. The quantitative estimate of drug-likeness (QED) is 0.855. The summed E-state index contributed by atoms with van der Waals surface area (Å²) in [6, 6.07) is 1.46. The van der Waals surface area contributed by atoms with Gasteiger partial charge in [0, 0.05) is 12.6 Å². The zero-order valence-electron chi connectivity index (χ0n) is 12.4. The van der Waals surface area contributed by atoms with Crippen molar-refractivity contribution in [3.05, 3.63) is 0 Å². The zero-order chi connectivity index (χ0) is 15.3. The predicted octanol–water partition coefficient (Wildman–Crippen LogP) is 3.88. The summed E-state index contributed by atoms with van der Waals surface area (Å²) >= 11 is 0. The smallest absolute Gasteiger partial charge is 0.312 e. The van der Waals surface area contributed by atoms with Crippen molar-refractivity contribution >= 4 is 0 Å². The van der Waals surface area contributed by atoms with Crippen LogP contribution in [0.2, 0.25) is 0 Å². The van der Waals surface area contributed by atoms with Gasteiger partial charge in [0.2, 0.25) is 0 Å². The van der Waals surface area contributed by atoms with E-state index in [0.29, 0.717) is 0 Å². The monoisotopic (exact) mass is 300 g/mol. The number of hydrogen-bond donors (Lipinski definition) is 1. The minimum Gasteiger partial charge on any atom is -0.312 e. The maximum atomic E-state index is 12.7. The molecule has 0 spiro atoms. The van der Waals surface area contributed by atoms with Gasteiger partial charge >= 0.3 is 6.18 Å². The summed E-state index contributed by atoms with van der Waals surface area (Å²) in [7, 11) is 0. The second kappa shape index (κ2) is 5.15. The first-order chi connectivity index (χ1) is 9.82. The van der Waals surface area contributed by atoms with Gasteiger partial charge in [0.1, 0.15) is 0 Å². The Morgan fingerprint density at radius 1 is 1.14 bits per heavy atom. The van der Waals surface area contributed by atoms with Crippen molar-refractivity contribution in [1.82, 2.24) is 5.32 Å². The van der Waals surface area contributed by atoms with Gasteiger partial charge in [-0.3, -0.25) is 0 Å². The van der Waals surface area contributed by atoms with Crippen LogP contribution < -0.4 is 5.32 Å². The summed E-state index contributed by atoms with van der Waals surface area (Å²) in [5, 5.41) is 11.8. The first-order valence-corrected chi connectivity index (χ1v) is 8.02. The summed E-state index contributed by atoms with van der Waals surface area (Å²) < 4.78 is 38.0. The lowest BCUT2D eigenvalue weighted by atomic mass is 9.48. The van der Waals surface area contributed by atoms with Gasteiger partial charge in [-0.2, -0.15) is 18.4 Å². The van der Waals surface area contributed by atoms with Crippen LogP contribution in [0.3, 0.4) is 0 Å². The molecule has 5 heteroatoms. The van der Waals surface area contributed by atoms with Crippen LogP contribution in [0.5, 0.6) is 0 Å². The Morgan fingerprint density at radius 3 is 2.00 bits per heavy atom. The largest absolute Gasteiger partial charge is 0.405 e. The Hall–Kier alpha value is -0.760. The van der Waals surface area contributed by atoms with Crippen molar-refractivity contribution in [2.45, 2.75) is 57.7 Å². The molecule has 118 valence electrons. The first-order valence-electron chi connectivity index (χ1n) is 8.02. The summed E-state index contributed by atoms with van der Waals surface area (Å²) in [5.74, 6) is 0.466. The third kappa shape index (κ3) is 2.79. The summed E-state index contributed by atoms with van der Waals surface area (Å²) in [5.41, 5.74) is 0.181. The molecule has 2 atom stereocenters. The third-order valence-corrected chi connectivity index (χ3v) is 6.18. The predicted molar refractivity (Wildman–Crippen MR) is 73.2 cm³/mol. The summed E-state index contributed by atoms with van der Waals surface area (Å²) in [4.78, 5) is 0. The molecule has 4 aliphatic carbocycles. The molecular weight excluding hydrogens is 277 g/mol. The highest BCUT2D eigenvalue weighted by atomic mass is 19.4. The van der Waals surface area contributed by atoms with Crippen molar-refractivity contribution in [3.63, 3.8) is 0 Å². The van der Waals surface area contributed by atoms with Crippen molar-refractivity contribution in [1.29, 1.82) is 5.26 Å². The maximum absolute atomic E-state index is 12.7.